The lowest BCUT2D eigenvalue weighted by molar-refractivity contribution is -0.889. The molecule has 0 heterocycles. The maximum atomic E-state index is 12.7. The standard InChI is InChI=1S/C48H81NO7/c1-6-8-10-12-14-16-18-20-22-23-25-27-29-31-33-35-37-39-47(51)56-44(42-54-41-40-45(48(52)53)49(3,4)5)43-55-46(50)38-36-34-32-30-28-26-24-21-19-17-15-13-11-9-7-2/h8,10,12,14,16,18,20,22-23,25,27,29,44-45H,6-7,9,11,13,15,17,19,21,24,26,28,30-43H2,1-5H3/b10-8+,14-12+,18-16+,22-20+,25-23+,29-27+. The first-order valence-corrected chi connectivity index (χ1v) is 22.0. The molecule has 0 aliphatic rings. The highest BCUT2D eigenvalue weighted by Gasteiger charge is 2.25. The van der Waals surface area contributed by atoms with Crippen molar-refractivity contribution in [1.29, 1.82) is 0 Å². The van der Waals surface area contributed by atoms with E-state index in [1.54, 1.807) is 21.1 Å². The highest BCUT2D eigenvalue weighted by molar-refractivity contribution is 5.70. The van der Waals surface area contributed by atoms with Crippen LogP contribution < -0.4 is 5.11 Å². The van der Waals surface area contributed by atoms with Gasteiger partial charge in [0.05, 0.1) is 40.3 Å². The van der Waals surface area contributed by atoms with Crippen molar-refractivity contribution < 1.29 is 38.2 Å². The third-order valence-corrected chi connectivity index (χ3v) is 9.52. The number of ether oxygens (including phenoxy) is 3. The Morgan fingerprint density at radius 2 is 1.00 bits per heavy atom. The first-order valence-electron chi connectivity index (χ1n) is 22.0. The average Bonchev–Trinajstić information content (AvgIpc) is 3.15. The Morgan fingerprint density at radius 1 is 0.554 bits per heavy atom. The smallest absolute Gasteiger partial charge is 0.306 e. The molecular weight excluding hydrogens is 703 g/mol. The van der Waals surface area contributed by atoms with Crippen molar-refractivity contribution in [3.05, 3.63) is 72.9 Å². The maximum Gasteiger partial charge on any atom is 0.306 e. The van der Waals surface area contributed by atoms with Crippen molar-refractivity contribution in [1.82, 2.24) is 0 Å². The minimum atomic E-state index is -1.14. The van der Waals surface area contributed by atoms with Crippen LogP contribution in [-0.2, 0) is 28.6 Å². The summed E-state index contributed by atoms with van der Waals surface area (Å²) in [5, 5.41) is 11.6. The van der Waals surface area contributed by atoms with E-state index in [4.69, 9.17) is 14.2 Å². The van der Waals surface area contributed by atoms with Crippen LogP contribution in [0.25, 0.3) is 0 Å². The summed E-state index contributed by atoms with van der Waals surface area (Å²) in [5.41, 5.74) is 0. The molecule has 0 bridgehead atoms. The Labute approximate surface area is 342 Å². The van der Waals surface area contributed by atoms with Gasteiger partial charge in [-0.15, -0.1) is 0 Å². The first-order chi connectivity index (χ1) is 27.1. The van der Waals surface area contributed by atoms with Crippen LogP contribution in [0.4, 0.5) is 0 Å². The normalized spacial score (nSPS) is 13.7. The maximum absolute atomic E-state index is 12.7. The fourth-order valence-corrected chi connectivity index (χ4v) is 6.10. The molecule has 2 unspecified atom stereocenters. The van der Waals surface area contributed by atoms with E-state index in [9.17, 15) is 19.5 Å². The molecule has 0 fully saturated rings. The fourth-order valence-electron chi connectivity index (χ4n) is 6.10. The number of carboxylic acids is 1. The Hall–Kier alpha value is -3.23. The molecule has 0 aromatic rings. The second-order valence-electron chi connectivity index (χ2n) is 15.7. The van der Waals surface area contributed by atoms with Gasteiger partial charge in [0.1, 0.15) is 12.6 Å². The highest BCUT2D eigenvalue weighted by Crippen LogP contribution is 2.15. The number of rotatable bonds is 38. The van der Waals surface area contributed by atoms with Crippen LogP contribution in [0.3, 0.4) is 0 Å². The summed E-state index contributed by atoms with van der Waals surface area (Å²) in [6.45, 7) is 4.46. The van der Waals surface area contributed by atoms with Gasteiger partial charge in [-0.25, -0.2) is 0 Å². The number of hydrogen-bond donors (Lipinski definition) is 0. The number of hydrogen-bond acceptors (Lipinski definition) is 7. The molecule has 0 aliphatic heterocycles. The summed E-state index contributed by atoms with van der Waals surface area (Å²) in [6.07, 6.45) is 47.8. The molecular formula is C48H81NO7. The lowest BCUT2D eigenvalue weighted by Crippen LogP contribution is -2.55. The molecule has 8 nitrogen and oxygen atoms in total. The van der Waals surface area contributed by atoms with Gasteiger partial charge in [0.25, 0.3) is 0 Å². The van der Waals surface area contributed by atoms with Crippen LogP contribution in [0.2, 0.25) is 0 Å². The predicted molar refractivity (Wildman–Crippen MR) is 231 cm³/mol. The van der Waals surface area contributed by atoms with Gasteiger partial charge in [0, 0.05) is 19.3 Å². The van der Waals surface area contributed by atoms with Crippen LogP contribution in [0.5, 0.6) is 0 Å². The number of carbonyl (C=O) groups excluding carboxylic acids is 3. The molecule has 0 aromatic heterocycles. The molecule has 0 radical (unpaired) electrons. The number of allylic oxidation sites excluding steroid dienone is 12. The third-order valence-electron chi connectivity index (χ3n) is 9.52. The van der Waals surface area contributed by atoms with E-state index in [0.29, 0.717) is 12.8 Å². The van der Waals surface area contributed by atoms with Crippen LogP contribution >= 0.6 is 0 Å². The van der Waals surface area contributed by atoms with Gasteiger partial charge < -0.3 is 28.6 Å². The van der Waals surface area contributed by atoms with Gasteiger partial charge in [-0.1, -0.05) is 183 Å². The number of quaternary nitrogens is 1. The zero-order valence-electron chi connectivity index (χ0n) is 36.3. The second-order valence-corrected chi connectivity index (χ2v) is 15.7. The number of aliphatic carboxylic acids is 1. The minimum absolute atomic E-state index is 0.0202. The number of nitrogens with zero attached hydrogens (tertiary/aromatic N) is 1. The van der Waals surface area contributed by atoms with E-state index in [1.165, 1.54) is 77.0 Å². The number of esters is 2. The van der Waals surface area contributed by atoms with Crippen molar-refractivity contribution in [3.8, 4) is 0 Å². The van der Waals surface area contributed by atoms with Crippen molar-refractivity contribution in [3.63, 3.8) is 0 Å². The van der Waals surface area contributed by atoms with Gasteiger partial charge in [-0.05, 0) is 32.1 Å². The molecule has 320 valence electrons. The van der Waals surface area contributed by atoms with Crippen molar-refractivity contribution in [2.75, 3.05) is 41.0 Å². The lowest BCUT2D eigenvalue weighted by atomic mass is 10.0. The van der Waals surface area contributed by atoms with Gasteiger partial charge in [0.2, 0.25) is 0 Å². The molecule has 0 aliphatic carbocycles. The summed E-state index contributed by atoms with van der Waals surface area (Å²) in [6, 6.07) is -0.736. The SMILES string of the molecule is CC/C=C/C=C/C=C/C=C/C=C/C=C/CCCCCC(=O)OC(COCCC(C(=O)[O-])[N+](C)(C)C)COC(=O)CCCCCCCCCCCCCCCCC. The van der Waals surface area contributed by atoms with Crippen LogP contribution in [0.1, 0.15) is 162 Å². The molecule has 0 saturated heterocycles. The molecule has 0 rings (SSSR count). The second kappa shape index (κ2) is 38.6. The quantitative estimate of drug-likeness (QED) is 0.0266. The van der Waals surface area contributed by atoms with Crippen LogP contribution in [-0.4, -0.2) is 75.5 Å². The number of carbonyl (C=O) groups is 3. The van der Waals surface area contributed by atoms with E-state index >= 15 is 0 Å². The van der Waals surface area contributed by atoms with Crippen molar-refractivity contribution >= 4 is 17.9 Å². The molecule has 56 heavy (non-hydrogen) atoms. The van der Waals surface area contributed by atoms with E-state index in [0.717, 1.165) is 44.9 Å². The van der Waals surface area contributed by atoms with Gasteiger partial charge in [-0.2, -0.15) is 0 Å². The zero-order chi connectivity index (χ0) is 41.4. The molecule has 2 atom stereocenters. The first kappa shape index (κ1) is 52.8. The molecule has 0 saturated carbocycles. The Morgan fingerprint density at radius 3 is 1.48 bits per heavy atom. The Kier molecular flexibility index (Phi) is 36.4. The number of likely N-dealkylation sites (N-methyl/N-ethyl adjacent to an activating group) is 1. The lowest BCUT2D eigenvalue weighted by Gasteiger charge is -2.34. The summed E-state index contributed by atoms with van der Waals surface area (Å²) in [5.74, 6) is -1.80. The molecule has 0 N–H and O–H groups in total. The van der Waals surface area contributed by atoms with E-state index < -0.39 is 18.1 Å². The fraction of sp³-hybridized carbons (Fsp3) is 0.688. The summed E-state index contributed by atoms with van der Waals surface area (Å²) in [4.78, 5) is 36.8. The summed E-state index contributed by atoms with van der Waals surface area (Å²) in [7, 11) is 5.38. The average molecular weight is 784 g/mol. The third kappa shape index (κ3) is 36.4. The molecule has 0 spiro atoms. The van der Waals surface area contributed by atoms with Gasteiger partial charge in [0.15, 0.2) is 6.10 Å². The highest BCUT2D eigenvalue weighted by atomic mass is 16.6. The van der Waals surface area contributed by atoms with Crippen LogP contribution in [0.15, 0.2) is 72.9 Å². The monoisotopic (exact) mass is 784 g/mol. The van der Waals surface area contributed by atoms with E-state index in [1.807, 2.05) is 60.8 Å². The Bertz CT molecular complexity index is 1140. The predicted octanol–water partition coefficient (Wildman–Crippen LogP) is 10.6. The summed E-state index contributed by atoms with van der Waals surface area (Å²) < 4.78 is 17.1. The topological polar surface area (TPSA) is 102 Å². The van der Waals surface area contributed by atoms with E-state index in [2.05, 4.69) is 26.0 Å². The van der Waals surface area contributed by atoms with Crippen molar-refractivity contribution in [2.24, 2.45) is 0 Å². The minimum Gasteiger partial charge on any atom is -0.544 e. The molecule has 8 heteroatoms. The molecule has 0 aromatic carbocycles. The number of unbranched alkanes of at least 4 members (excludes halogenated alkanes) is 17. The van der Waals surface area contributed by atoms with Gasteiger partial charge in [-0.3, -0.25) is 9.59 Å². The van der Waals surface area contributed by atoms with E-state index in [-0.39, 0.29) is 49.1 Å². The summed E-state index contributed by atoms with van der Waals surface area (Å²) >= 11 is 0. The van der Waals surface area contributed by atoms with Gasteiger partial charge >= 0.3 is 11.9 Å². The largest absolute Gasteiger partial charge is 0.544 e. The van der Waals surface area contributed by atoms with Crippen LogP contribution in [0, 0.1) is 0 Å². The zero-order valence-corrected chi connectivity index (χ0v) is 36.3. The number of carboxylic acid groups (broad SMARTS) is 1. The van der Waals surface area contributed by atoms with Crippen molar-refractivity contribution in [2.45, 2.75) is 174 Å². The Balaban J connectivity index is 4.45. The molecule has 0 amide bonds.